The number of nitrogens with two attached hydrogens (primary N) is 1. The third-order valence-electron chi connectivity index (χ3n) is 8.15. The second-order valence-electron chi connectivity index (χ2n) is 11.2. The summed E-state index contributed by atoms with van der Waals surface area (Å²) in [4.78, 5) is 63.3. The number of nitrogens with one attached hydrogen (secondary N) is 2. The van der Waals surface area contributed by atoms with Gasteiger partial charge in [0.25, 0.3) is 0 Å². The lowest BCUT2D eigenvalue weighted by Crippen LogP contribution is -2.57. The fourth-order valence-corrected chi connectivity index (χ4v) is 5.43. The molecule has 2 saturated heterocycles. The molecule has 0 saturated carbocycles. The summed E-state index contributed by atoms with van der Waals surface area (Å²) in [7, 11) is 0. The van der Waals surface area contributed by atoms with Crippen LogP contribution in [0.5, 0.6) is 0 Å². The van der Waals surface area contributed by atoms with E-state index in [2.05, 4.69) is 15.8 Å². The zero-order chi connectivity index (χ0) is 34.2. The van der Waals surface area contributed by atoms with Crippen LogP contribution < -0.4 is 16.4 Å². The molecule has 17 heteroatoms. The van der Waals surface area contributed by atoms with Gasteiger partial charge in [-0.25, -0.2) is 9.18 Å². The Bertz CT molecular complexity index is 1410. The highest BCUT2D eigenvalue weighted by Crippen LogP contribution is 2.34. The molecule has 1 aromatic heterocycles. The van der Waals surface area contributed by atoms with Gasteiger partial charge < -0.3 is 35.8 Å². The molecule has 0 unspecified atom stereocenters. The van der Waals surface area contributed by atoms with E-state index >= 15 is 0 Å². The molecule has 2 aromatic rings. The molecule has 254 valence electrons. The van der Waals surface area contributed by atoms with E-state index in [-0.39, 0.29) is 42.6 Å². The molecule has 4 amide bonds. The fourth-order valence-electron chi connectivity index (χ4n) is 5.43. The minimum atomic E-state index is -5.08. The van der Waals surface area contributed by atoms with Gasteiger partial charge >= 0.3 is 12.1 Å². The number of carbonyl (C=O) groups is 5. The van der Waals surface area contributed by atoms with E-state index in [9.17, 15) is 36.7 Å². The lowest BCUT2D eigenvalue weighted by Gasteiger charge is -2.36. The lowest BCUT2D eigenvalue weighted by molar-refractivity contribution is -0.192. The molecule has 0 spiro atoms. The van der Waals surface area contributed by atoms with Gasteiger partial charge in [0.2, 0.25) is 23.6 Å². The van der Waals surface area contributed by atoms with Crippen LogP contribution in [-0.4, -0.2) is 101 Å². The molecule has 5 N–H and O–H groups in total. The van der Waals surface area contributed by atoms with Gasteiger partial charge in [0.15, 0.2) is 5.58 Å². The maximum Gasteiger partial charge on any atom is 0.490 e. The number of fused-ring (bicyclic) bond motifs is 1. The first-order chi connectivity index (χ1) is 21.7. The Balaban J connectivity index is 0.000000738. The summed E-state index contributed by atoms with van der Waals surface area (Å²) < 4.78 is 50.6. The predicted molar refractivity (Wildman–Crippen MR) is 154 cm³/mol. The van der Waals surface area contributed by atoms with E-state index in [4.69, 9.17) is 20.2 Å². The van der Waals surface area contributed by atoms with E-state index in [0.717, 1.165) is 11.1 Å². The Morgan fingerprint density at radius 2 is 1.76 bits per heavy atom. The highest BCUT2D eigenvalue weighted by Gasteiger charge is 2.41. The molecule has 1 aromatic carbocycles. The number of aromatic nitrogens is 1. The minimum absolute atomic E-state index is 0.0872. The molecule has 4 rings (SSSR count). The molecular weight excluding hydrogens is 620 g/mol. The van der Waals surface area contributed by atoms with E-state index in [0.29, 0.717) is 57.3 Å². The summed E-state index contributed by atoms with van der Waals surface area (Å²) in [5.41, 5.74) is 6.46. The van der Waals surface area contributed by atoms with Crippen LogP contribution in [0, 0.1) is 11.7 Å². The number of amides is 4. The van der Waals surface area contributed by atoms with Gasteiger partial charge in [-0.2, -0.15) is 13.2 Å². The number of rotatable bonds is 9. The number of aliphatic carboxylic acids is 1. The Labute approximate surface area is 261 Å². The monoisotopic (exact) mass is 658 g/mol. The molecular formula is C29H38F4N6O7. The van der Waals surface area contributed by atoms with Crippen molar-refractivity contribution in [2.75, 3.05) is 32.7 Å². The number of alkyl halides is 3. The van der Waals surface area contributed by atoms with Gasteiger partial charge in [-0.05, 0) is 43.7 Å². The Hall–Kier alpha value is -4.28. The van der Waals surface area contributed by atoms with Crippen molar-refractivity contribution in [3.8, 4) is 0 Å². The van der Waals surface area contributed by atoms with Crippen molar-refractivity contribution in [1.82, 2.24) is 25.6 Å². The Morgan fingerprint density at radius 1 is 1.11 bits per heavy atom. The second-order valence-corrected chi connectivity index (χ2v) is 11.2. The van der Waals surface area contributed by atoms with E-state index < -0.39 is 36.0 Å². The zero-order valence-corrected chi connectivity index (χ0v) is 25.4. The molecule has 46 heavy (non-hydrogen) atoms. The maximum atomic E-state index is 13.6. The molecule has 2 fully saturated rings. The fraction of sp³-hybridized carbons (Fsp3) is 0.586. The smallest absolute Gasteiger partial charge is 0.475 e. The van der Waals surface area contributed by atoms with Crippen LogP contribution in [0.15, 0.2) is 22.7 Å². The number of likely N-dealkylation sites (tertiary alicyclic amines) is 2. The molecule has 2 aliphatic heterocycles. The summed E-state index contributed by atoms with van der Waals surface area (Å²) in [6.07, 6.45) is -1.79. The van der Waals surface area contributed by atoms with Gasteiger partial charge in [-0.3, -0.25) is 19.2 Å². The highest BCUT2D eigenvalue weighted by atomic mass is 19.4. The van der Waals surface area contributed by atoms with Gasteiger partial charge in [0.05, 0.1) is 18.8 Å². The molecule has 0 radical (unpaired) electrons. The van der Waals surface area contributed by atoms with Crippen LogP contribution in [0.25, 0.3) is 11.0 Å². The van der Waals surface area contributed by atoms with Crippen LogP contribution in [-0.2, 0) is 24.0 Å². The van der Waals surface area contributed by atoms with Crippen LogP contribution in [0.2, 0.25) is 0 Å². The number of hydrogen-bond donors (Lipinski definition) is 4. The number of hydrogen-bond acceptors (Lipinski definition) is 8. The molecule has 3 heterocycles. The summed E-state index contributed by atoms with van der Waals surface area (Å²) in [5.74, 6) is -4.52. The standard InChI is InChI=1S/C27H37FN6O5.C2HF3O2/c1-3-16(2)24(31-23(36)15-30-22(35)14-29)27(38)34-10-4-5-20(34)26(37)33-11-8-17(9-12-33)25-19-7-6-18(28)13-21(19)39-32-25;3-2(4,5)1(6)7/h6-7,13,16-17,20,24H,3-5,8-12,14-15,29H2,1-2H3,(H,30,35)(H,31,36);(H,6,7)/t16-,20-,24-;/m0./s1. The predicted octanol–water partition coefficient (Wildman–Crippen LogP) is 1.90. The van der Waals surface area contributed by atoms with E-state index in [1.54, 1.807) is 15.9 Å². The van der Waals surface area contributed by atoms with Crippen molar-refractivity contribution in [3.63, 3.8) is 0 Å². The number of carboxylic acid groups (broad SMARTS) is 1. The third-order valence-corrected chi connectivity index (χ3v) is 8.15. The number of nitrogens with zero attached hydrogens (tertiary/aromatic N) is 3. The SMILES string of the molecule is CC[C@H](C)[C@H](NC(=O)CNC(=O)CN)C(=O)N1CCC[C@H]1C(=O)N1CCC(c2noc3cc(F)ccc23)CC1.O=C(O)C(F)(F)F. The molecule has 13 nitrogen and oxygen atoms in total. The van der Waals surface area contributed by atoms with Crippen molar-refractivity contribution < 1.29 is 51.2 Å². The molecule has 3 atom stereocenters. The Morgan fingerprint density at radius 3 is 2.35 bits per heavy atom. The average molecular weight is 659 g/mol. The minimum Gasteiger partial charge on any atom is -0.475 e. The topological polar surface area (TPSA) is 188 Å². The quantitative estimate of drug-likeness (QED) is 0.292. The largest absolute Gasteiger partial charge is 0.490 e. The van der Waals surface area contributed by atoms with Gasteiger partial charge in [-0.15, -0.1) is 0 Å². The number of carbonyl (C=O) groups excluding carboxylic acids is 4. The van der Waals surface area contributed by atoms with Crippen LogP contribution in [0.1, 0.15) is 57.6 Å². The average Bonchev–Trinajstić information content (AvgIpc) is 3.69. The zero-order valence-electron chi connectivity index (χ0n) is 25.4. The van der Waals surface area contributed by atoms with Crippen molar-refractivity contribution in [3.05, 3.63) is 29.7 Å². The second kappa shape index (κ2) is 15.8. The third kappa shape index (κ3) is 9.14. The summed E-state index contributed by atoms with van der Waals surface area (Å²) in [6, 6.07) is 3.00. The van der Waals surface area contributed by atoms with Gasteiger partial charge in [0.1, 0.15) is 17.9 Å². The summed E-state index contributed by atoms with van der Waals surface area (Å²) in [5, 5.41) is 17.2. The van der Waals surface area contributed by atoms with E-state index in [1.165, 1.54) is 12.1 Å². The van der Waals surface area contributed by atoms with Crippen LogP contribution in [0.3, 0.4) is 0 Å². The summed E-state index contributed by atoms with van der Waals surface area (Å²) in [6.45, 7) is 4.78. The van der Waals surface area contributed by atoms with Crippen LogP contribution >= 0.6 is 0 Å². The van der Waals surface area contributed by atoms with E-state index in [1.807, 2.05) is 13.8 Å². The Kier molecular flexibility index (Phi) is 12.4. The highest BCUT2D eigenvalue weighted by molar-refractivity contribution is 5.94. The van der Waals surface area contributed by atoms with Gasteiger partial charge in [0, 0.05) is 37.0 Å². The summed E-state index contributed by atoms with van der Waals surface area (Å²) >= 11 is 0. The number of piperidine rings is 1. The first-order valence-corrected chi connectivity index (χ1v) is 14.9. The van der Waals surface area contributed by atoms with Crippen LogP contribution in [0.4, 0.5) is 17.6 Å². The van der Waals surface area contributed by atoms with Gasteiger partial charge in [-0.1, -0.05) is 25.4 Å². The lowest BCUT2D eigenvalue weighted by atomic mass is 9.91. The number of halogens is 4. The van der Waals surface area contributed by atoms with Crippen molar-refractivity contribution in [1.29, 1.82) is 0 Å². The normalized spacial score (nSPS) is 18.4. The van der Waals surface area contributed by atoms with Crippen molar-refractivity contribution >= 4 is 40.6 Å². The first-order valence-electron chi connectivity index (χ1n) is 14.9. The first kappa shape index (κ1) is 36.2. The number of benzene rings is 1. The molecule has 0 bridgehead atoms. The molecule has 0 aliphatic carbocycles. The van der Waals surface area contributed by atoms with Crippen molar-refractivity contribution in [2.24, 2.45) is 11.7 Å². The maximum absolute atomic E-state index is 13.6. The van der Waals surface area contributed by atoms with Crippen molar-refractivity contribution in [2.45, 2.75) is 70.1 Å². The number of carboxylic acids is 1. The molecule has 2 aliphatic rings.